The summed E-state index contributed by atoms with van der Waals surface area (Å²) in [5, 5.41) is 8.79. The van der Waals surface area contributed by atoms with Gasteiger partial charge in [-0.1, -0.05) is 0 Å². The number of hydrogen-bond donors (Lipinski definition) is 3. The number of nitrogens with one attached hydrogen (secondary N) is 1. The second-order valence-electron chi connectivity index (χ2n) is 4.38. The minimum atomic E-state index is -3.78. The van der Waals surface area contributed by atoms with E-state index in [1.807, 2.05) is 13.8 Å². The maximum absolute atomic E-state index is 12.0. The summed E-state index contributed by atoms with van der Waals surface area (Å²) in [7, 11) is -3.78. The molecule has 0 bridgehead atoms. The lowest BCUT2D eigenvalue weighted by Crippen LogP contribution is -2.29. The highest BCUT2D eigenvalue weighted by Gasteiger charge is 2.18. The summed E-state index contributed by atoms with van der Waals surface area (Å²) in [5.41, 5.74) is 5.41. The first-order chi connectivity index (χ1) is 9.24. The number of rotatable bonds is 7. The fourth-order valence-corrected chi connectivity index (χ4v) is 2.60. The predicted molar refractivity (Wildman–Crippen MR) is 74.1 cm³/mol. The molecule has 112 valence electrons. The summed E-state index contributed by atoms with van der Waals surface area (Å²) in [6.45, 7) is 4.04. The van der Waals surface area contributed by atoms with Gasteiger partial charge in [-0.3, -0.25) is 0 Å². The van der Waals surface area contributed by atoms with Gasteiger partial charge in [0.15, 0.2) is 0 Å². The fourth-order valence-electron chi connectivity index (χ4n) is 1.47. The molecule has 20 heavy (non-hydrogen) atoms. The van der Waals surface area contributed by atoms with Gasteiger partial charge in [-0.15, -0.1) is 0 Å². The first-order valence-electron chi connectivity index (χ1n) is 5.98. The van der Waals surface area contributed by atoms with Gasteiger partial charge in [-0.2, -0.15) is 0 Å². The monoisotopic (exact) mass is 302 g/mol. The first kappa shape index (κ1) is 16.4. The van der Waals surface area contributed by atoms with Crippen LogP contribution in [0.4, 0.5) is 5.69 Å². The van der Waals surface area contributed by atoms with Crippen molar-refractivity contribution in [3.05, 3.63) is 23.8 Å². The van der Waals surface area contributed by atoms with Gasteiger partial charge in [0.05, 0.1) is 24.0 Å². The van der Waals surface area contributed by atoms with E-state index in [4.69, 9.17) is 15.6 Å². The molecule has 0 amide bonds. The molecule has 0 radical (unpaired) electrons. The van der Waals surface area contributed by atoms with E-state index in [-0.39, 0.29) is 35.4 Å². The maximum Gasteiger partial charge on any atom is 0.335 e. The third kappa shape index (κ3) is 4.48. The molecule has 0 spiro atoms. The molecule has 0 aliphatic heterocycles. The van der Waals surface area contributed by atoms with E-state index in [1.54, 1.807) is 0 Å². The molecule has 7 nitrogen and oxygen atoms in total. The molecule has 0 unspecified atom stereocenters. The zero-order valence-electron chi connectivity index (χ0n) is 11.3. The van der Waals surface area contributed by atoms with Crippen LogP contribution in [0, 0.1) is 0 Å². The SMILES string of the molecule is CC(C)OCCNS(=O)(=O)c1ccc(C(=O)O)cc1N. The van der Waals surface area contributed by atoms with Crippen molar-refractivity contribution in [1.82, 2.24) is 4.72 Å². The molecule has 0 saturated heterocycles. The molecule has 0 aromatic heterocycles. The van der Waals surface area contributed by atoms with Gasteiger partial charge in [0.1, 0.15) is 4.90 Å². The molecule has 0 saturated carbocycles. The molecular formula is C12H18N2O5S. The van der Waals surface area contributed by atoms with Crippen molar-refractivity contribution in [3.63, 3.8) is 0 Å². The van der Waals surface area contributed by atoms with E-state index in [0.29, 0.717) is 0 Å². The van der Waals surface area contributed by atoms with Crippen LogP contribution < -0.4 is 10.5 Å². The number of sulfonamides is 1. The van der Waals surface area contributed by atoms with E-state index in [0.717, 1.165) is 6.07 Å². The van der Waals surface area contributed by atoms with E-state index < -0.39 is 16.0 Å². The molecule has 1 aromatic carbocycles. The van der Waals surface area contributed by atoms with Gasteiger partial charge < -0.3 is 15.6 Å². The highest BCUT2D eigenvalue weighted by molar-refractivity contribution is 7.89. The van der Waals surface area contributed by atoms with Crippen LogP contribution in [0.1, 0.15) is 24.2 Å². The predicted octanol–water partition coefficient (Wildman–Crippen LogP) is 0.670. The number of aromatic carboxylic acids is 1. The van der Waals surface area contributed by atoms with Gasteiger partial charge in [0.2, 0.25) is 10.0 Å². The maximum atomic E-state index is 12.0. The number of hydrogen-bond acceptors (Lipinski definition) is 5. The molecule has 1 rings (SSSR count). The third-order valence-corrected chi connectivity index (χ3v) is 3.93. The number of ether oxygens (including phenoxy) is 1. The van der Waals surface area contributed by atoms with Gasteiger partial charge >= 0.3 is 5.97 Å². The van der Waals surface area contributed by atoms with Crippen LogP contribution in [-0.2, 0) is 14.8 Å². The molecule has 1 aromatic rings. The van der Waals surface area contributed by atoms with Gasteiger partial charge in [-0.05, 0) is 32.0 Å². The smallest absolute Gasteiger partial charge is 0.335 e. The number of nitrogens with two attached hydrogens (primary N) is 1. The zero-order chi connectivity index (χ0) is 15.3. The number of carboxylic acid groups (broad SMARTS) is 1. The van der Waals surface area contributed by atoms with E-state index in [9.17, 15) is 13.2 Å². The second-order valence-corrected chi connectivity index (χ2v) is 6.11. The van der Waals surface area contributed by atoms with Crippen molar-refractivity contribution >= 4 is 21.7 Å². The highest BCUT2D eigenvalue weighted by Crippen LogP contribution is 2.19. The van der Waals surface area contributed by atoms with Crippen molar-refractivity contribution in [2.75, 3.05) is 18.9 Å². The summed E-state index contributed by atoms with van der Waals surface area (Å²) in [6, 6.07) is 3.48. The fraction of sp³-hybridized carbons (Fsp3) is 0.417. The second kappa shape index (κ2) is 6.69. The molecule has 0 fully saturated rings. The number of anilines is 1. The van der Waals surface area contributed by atoms with Crippen LogP contribution in [0.15, 0.2) is 23.1 Å². The Labute approximate surface area is 117 Å². The molecule has 0 aliphatic carbocycles. The Morgan fingerprint density at radius 2 is 2.10 bits per heavy atom. The molecule has 0 heterocycles. The standard InChI is InChI=1S/C12H18N2O5S/c1-8(2)19-6-5-14-20(17,18)11-4-3-9(12(15)16)7-10(11)13/h3-4,7-8,14H,5-6,13H2,1-2H3,(H,15,16). The summed E-state index contributed by atoms with van der Waals surface area (Å²) < 4.78 is 31.5. The molecule has 8 heteroatoms. The van der Waals surface area contributed by atoms with E-state index in [1.165, 1.54) is 12.1 Å². The Balaban J connectivity index is 2.80. The summed E-state index contributed by atoms with van der Waals surface area (Å²) in [5.74, 6) is -1.17. The first-order valence-corrected chi connectivity index (χ1v) is 7.46. The lowest BCUT2D eigenvalue weighted by molar-refractivity contribution is 0.0696. The molecule has 4 N–H and O–H groups in total. The van der Waals surface area contributed by atoms with Crippen LogP contribution in [0.3, 0.4) is 0 Å². The summed E-state index contributed by atoms with van der Waals surface area (Å²) in [6.07, 6.45) is 0.0134. The lowest BCUT2D eigenvalue weighted by atomic mass is 10.2. The number of carbonyl (C=O) groups is 1. The Hall–Kier alpha value is -1.64. The lowest BCUT2D eigenvalue weighted by Gasteiger charge is -2.11. The Kier molecular flexibility index (Phi) is 5.49. The number of nitrogen functional groups attached to an aromatic ring is 1. The highest BCUT2D eigenvalue weighted by atomic mass is 32.2. The van der Waals surface area contributed by atoms with Crippen LogP contribution >= 0.6 is 0 Å². The number of benzene rings is 1. The summed E-state index contributed by atoms with van der Waals surface area (Å²) >= 11 is 0. The molecular weight excluding hydrogens is 284 g/mol. The average molecular weight is 302 g/mol. The van der Waals surface area contributed by atoms with E-state index >= 15 is 0 Å². The van der Waals surface area contributed by atoms with Crippen LogP contribution in [0.2, 0.25) is 0 Å². The van der Waals surface area contributed by atoms with E-state index in [2.05, 4.69) is 4.72 Å². The van der Waals surface area contributed by atoms with Gasteiger partial charge in [-0.25, -0.2) is 17.9 Å². The van der Waals surface area contributed by atoms with Crippen molar-refractivity contribution in [2.45, 2.75) is 24.8 Å². The van der Waals surface area contributed by atoms with Crippen LogP contribution in [-0.4, -0.2) is 38.7 Å². The number of carboxylic acids is 1. The topological polar surface area (TPSA) is 119 Å². The minimum absolute atomic E-state index is 0.0134. The van der Waals surface area contributed by atoms with Crippen LogP contribution in [0.25, 0.3) is 0 Å². The average Bonchev–Trinajstić information content (AvgIpc) is 2.34. The van der Waals surface area contributed by atoms with Gasteiger partial charge in [0, 0.05) is 6.54 Å². The molecule has 0 aliphatic rings. The Bertz CT molecular complexity index is 584. The quantitative estimate of drug-likeness (QED) is 0.503. The molecule has 0 atom stereocenters. The Morgan fingerprint density at radius 3 is 2.60 bits per heavy atom. The third-order valence-electron chi connectivity index (χ3n) is 2.39. The van der Waals surface area contributed by atoms with Gasteiger partial charge in [0.25, 0.3) is 0 Å². The van der Waals surface area contributed by atoms with Crippen molar-refractivity contribution in [2.24, 2.45) is 0 Å². The normalized spacial score (nSPS) is 11.8. The Morgan fingerprint density at radius 1 is 1.45 bits per heavy atom. The van der Waals surface area contributed by atoms with Crippen molar-refractivity contribution < 1.29 is 23.1 Å². The minimum Gasteiger partial charge on any atom is -0.478 e. The zero-order valence-corrected chi connectivity index (χ0v) is 12.1. The van der Waals surface area contributed by atoms with Crippen molar-refractivity contribution in [3.8, 4) is 0 Å². The van der Waals surface area contributed by atoms with Crippen LogP contribution in [0.5, 0.6) is 0 Å². The summed E-state index contributed by atoms with van der Waals surface area (Å²) in [4.78, 5) is 10.6. The van der Waals surface area contributed by atoms with Crippen molar-refractivity contribution in [1.29, 1.82) is 0 Å². The largest absolute Gasteiger partial charge is 0.478 e.